The minimum Gasteiger partial charge on any atom is -0.244 e. The summed E-state index contributed by atoms with van der Waals surface area (Å²) < 4.78 is 44.2. The molecule has 7 heteroatoms. The van der Waals surface area contributed by atoms with E-state index in [0.29, 0.717) is 0 Å². The molecular weight excluding hydrogens is 226 g/mol. The van der Waals surface area contributed by atoms with Crippen molar-refractivity contribution in [1.29, 1.82) is 0 Å². The van der Waals surface area contributed by atoms with Crippen LogP contribution in [0.15, 0.2) is 28.3 Å². The number of nitrogens with zero attached hydrogens (tertiary/aromatic N) is 1. The van der Waals surface area contributed by atoms with Crippen LogP contribution >= 0.6 is 0 Å². The van der Waals surface area contributed by atoms with Crippen molar-refractivity contribution in [2.24, 2.45) is 0 Å². The van der Waals surface area contributed by atoms with Gasteiger partial charge in [-0.3, -0.25) is 0 Å². The molecule has 0 atom stereocenters. The number of thiol groups is 1. The highest BCUT2D eigenvalue weighted by Crippen LogP contribution is 2.15. The SMILES string of the molecule is CCS(=O)(=O)c1cccnc1[SH](=O)=O. The molecule has 0 aliphatic rings. The second kappa shape index (κ2) is 4.05. The van der Waals surface area contributed by atoms with Gasteiger partial charge in [-0.05, 0) is 12.1 Å². The maximum absolute atomic E-state index is 11.4. The first-order chi connectivity index (χ1) is 6.49. The lowest BCUT2D eigenvalue weighted by molar-refractivity contribution is 0.587. The van der Waals surface area contributed by atoms with Crippen LogP contribution in [0.3, 0.4) is 0 Å². The van der Waals surface area contributed by atoms with Crippen LogP contribution in [0.25, 0.3) is 0 Å². The Morgan fingerprint density at radius 1 is 1.43 bits per heavy atom. The Hall–Kier alpha value is -0.950. The fourth-order valence-corrected chi connectivity index (χ4v) is 2.90. The molecule has 0 aromatic carbocycles. The highest BCUT2D eigenvalue weighted by molar-refractivity contribution is 7.91. The Morgan fingerprint density at radius 2 is 2.07 bits per heavy atom. The molecule has 1 aromatic rings. The fraction of sp³-hybridized carbons (Fsp3) is 0.286. The zero-order valence-electron chi connectivity index (χ0n) is 7.37. The van der Waals surface area contributed by atoms with Crippen molar-refractivity contribution in [3.05, 3.63) is 18.3 Å². The predicted molar refractivity (Wildman–Crippen MR) is 50.5 cm³/mol. The molecule has 0 unspecified atom stereocenters. The van der Waals surface area contributed by atoms with Crippen LogP contribution in [-0.4, -0.2) is 27.6 Å². The third-order valence-electron chi connectivity index (χ3n) is 1.64. The summed E-state index contributed by atoms with van der Waals surface area (Å²) in [4.78, 5) is 3.29. The molecule has 1 rings (SSSR count). The van der Waals surface area contributed by atoms with Gasteiger partial charge in [0.1, 0.15) is 4.90 Å². The second-order valence-corrected chi connectivity index (χ2v) is 5.67. The van der Waals surface area contributed by atoms with Gasteiger partial charge in [-0.15, -0.1) is 0 Å². The van der Waals surface area contributed by atoms with Gasteiger partial charge in [-0.1, -0.05) is 6.92 Å². The van der Waals surface area contributed by atoms with Gasteiger partial charge in [0, 0.05) is 6.20 Å². The lowest BCUT2D eigenvalue weighted by Crippen LogP contribution is -2.07. The van der Waals surface area contributed by atoms with Crippen LogP contribution in [0.5, 0.6) is 0 Å². The summed E-state index contributed by atoms with van der Waals surface area (Å²) in [5, 5.41) is -0.385. The molecule has 0 radical (unpaired) electrons. The van der Waals surface area contributed by atoms with Gasteiger partial charge in [0.25, 0.3) is 0 Å². The summed E-state index contributed by atoms with van der Waals surface area (Å²) in [7, 11) is -6.50. The van der Waals surface area contributed by atoms with Crippen molar-refractivity contribution in [2.45, 2.75) is 16.8 Å². The summed E-state index contributed by atoms with van der Waals surface area (Å²) in [6.07, 6.45) is 1.25. The standard InChI is InChI=1S/C7H9NO4S2/c1-2-14(11,12)6-4-3-5-8-7(6)13(9)10/h3-5,13H,2H2,1H3. The number of hydrogen-bond acceptors (Lipinski definition) is 5. The molecule has 0 aliphatic carbocycles. The topological polar surface area (TPSA) is 81.2 Å². The largest absolute Gasteiger partial charge is 0.244 e. The van der Waals surface area contributed by atoms with Gasteiger partial charge < -0.3 is 0 Å². The summed E-state index contributed by atoms with van der Waals surface area (Å²) in [5.74, 6) is -0.144. The molecule has 78 valence electrons. The number of hydrogen-bond donors (Lipinski definition) is 1. The van der Waals surface area contributed by atoms with Gasteiger partial charge >= 0.3 is 0 Å². The lowest BCUT2D eigenvalue weighted by atomic mass is 10.5. The Bertz CT molecular complexity index is 496. The zero-order valence-corrected chi connectivity index (χ0v) is 9.09. The Balaban J connectivity index is 3.50. The minimum atomic E-state index is -3.52. The first-order valence-electron chi connectivity index (χ1n) is 3.81. The van der Waals surface area contributed by atoms with E-state index < -0.39 is 20.5 Å². The van der Waals surface area contributed by atoms with Crippen LogP contribution in [0, 0.1) is 0 Å². The van der Waals surface area contributed by atoms with Crippen molar-refractivity contribution < 1.29 is 16.8 Å². The normalized spacial score (nSPS) is 11.9. The predicted octanol–water partition coefficient (Wildman–Crippen LogP) is -0.154. The minimum absolute atomic E-state index is 0.144. The van der Waals surface area contributed by atoms with E-state index in [9.17, 15) is 16.8 Å². The summed E-state index contributed by atoms with van der Waals surface area (Å²) >= 11 is 0. The van der Waals surface area contributed by atoms with Gasteiger partial charge in [0.2, 0.25) is 0 Å². The third kappa shape index (κ3) is 2.10. The summed E-state index contributed by atoms with van der Waals surface area (Å²) in [6.45, 7) is 1.45. The molecule has 1 heterocycles. The number of aromatic nitrogens is 1. The number of sulfone groups is 1. The van der Waals surface area contributed by atoms with Crippen molar-refractivity contribution in [2.75, 3.05) is 5.75 Å². The molecule has 0 saturated carbocycles. The maximum atomic E-state index is 11.4. The first kappa shape index (κ1) is 11.1. The van der Waals surface area contributed by atoms with E-state index in [0.717, 1.165) is 0 Å². The maximum Gasteiger partial charge on any atom is 0.186 e. The van der Waals surface area contributed by atoms with Crippen molar-refractivity contribution in [1.82, 2.24) is 4.98 Å². The van der Waals surface area contributed by atoms with E-state index in [1.54, 1.807) is 0 Å². The van der Waals surface area contributed by atoms with Crippen molar-refractivity contribution >= 4 is 20.5 Å². The molecule has 0 amide bonds. The molecular formula is C7H9NO4S2. The van der Waals surface area contributed by atoms with Crippen LogP contribution in [0.2, 0.25) is 0 Å². The highest BCUT2D eigenvalue weighted by Gasteiger charge is 2.18. The van der Waals surface area contributed by atoms with E-state index in [4.69, 9.17) is 0 Å². The van der Waals surface area contributed by atoms with Gasteiger partial charge in [-0.25, -0.2) is 21.8 Å². The van der Waals surface area contributed by atoms with Crippen LogP contribution in [0.4, 0.5) is 0 Å². The van der Waals surface area contributed by atoms with E-state index in [-0.39, 0.29) is 15.7 Å². The lowest BCUT2D eigenvalue weighted by Gasteiger charge is -2.01. The summed E-state index contributed by atoms with van der Waals surface area (Å²) in [6, 6.07) is 2.64. The van der Waals surface area contributed by atoms with E-state index in [2.05, 4.69) is 4.98 Å². The zero-order chi connectivity index (χ0) is 10.8. The Kier molecular flexibility index (Phi) is 3.22. The van der Waals surface area contributed by atoms with Crippen molar-refractivity contribution in [3.8, 4) is 0 Å². The van der Waals surface area contributed by atoms with E-state index in [1.165, 1.54) is 25.3 Å². The average molecular weight is 235 g/mol. The molecule has 1 aromatic heterocycles. The second-order valence-electron chi connectivity index (χ2n) is 2.49. The molecule has 5 nitrogen and oxygen atoms in total. The molecule has 0 spiro atoms. The van der Waals surface area contributed by atoms with E-state index >= 15 is 0 Å². The fourth-order valence-electron chi connectivity index (χ4n) is 0.918. The van der Waals surface area contributed by atoms with Crippen molar-refractivity contribution in [3.63, 3.8) is 0 Å². The quantitative estimate of drug-likeness (QED) is 0.737. The van der Waals surface area contributed by atoms with Gasteiger partial charge in [0.05, 0.1) is 5.75 Å². The molecule has 14 heavy (non-hydrogen) atoms. The molecule has 0 saturated heterocycles. The third-order valence-corrected chi connectivity index (χ3v) is 4.25. The van der Waals surface area contributed by atoms with Crippen LogP contribution < -0.4 is 0 Å². The Morgan fingerprint density at radius 3 is 2.57 bits per heavy atom. The van der Waals surface area contributed by atoms with E-state index in [1.807, 2.05) is 0 Å². The van der Waals surface area contributed by atoms with Gasteiger partial charge in [0.15, 0.2) is 25.6 Å². The monoisotopic (exact) mass is 235 g/mol. The highest BCUT2D eigenvalue weighted by atomic mass is 32.2. The number of rotatable bonds is 3. The Labute approximate surface area is 83.7 Å². The van der Waals surface area contributed by atoms with Gasteiger partial charge in [-0.2, -0.15) is 0 Å². The molecule has 0 aliphatic heterocycles. The number of pyridine rings is 1. The first-order valence-corrected chi connectivity index (χ1v) is 6.64. The van der Waals surface area contributed by atoms with Crippen LogP contribution in [-0.2, 0) is 20.5 Å². The molecule has 0 bridgehead atoms. The van der Waals surface area contributed by atoms with Crippen LogP contribution in [0.1, 0.15) is 6.92 Å². The smallest absolute Gasteiger partial charge is 0.186 e. The molecule has 0 fully saturated rings. The summed E-state index contributed by atoms with van der Waals surface area (Å²) in [5.41, 5.74) is 0. The average Bonchev–Trinajstić information content (AvgIpc) is 2.18. The molecule has 0 N–H and O–H groups in total.